The van der Waals surface area contributed by atoms with Crippen LogP contribution in [0.2, 0.25) is 0 Å². The molecule has 0 aliphatic heterocycles. The van der Waals surface area contributed by atoms with Crippen molar-refractivity contribution < 1.29 is 13.2 Å². The van der Waals surface area contributed by atoms with E-state index >= 15 is 0 Å². The first-order chi connectivity index (χ1) is 11.9. The zero-order chi connectivity index (χ0) is 17.9. The summed E-state index contributed by atoms with van der Waals surface area (Å²) in [4.78, 5) is 16.5. The Hall–Kier alpha value is -2.51. The van der Waals surface area contributed by atoms with Gasteiger partial charge < -0.3 is 5.32 Å². The SMILES string of the molecule is Cc1ccc(-c2csc(NC(=O)CS(=O)(=O)c3ccccc3)n2)cc1. The van der Waals surface area contributed by atoms with Crippen LogP contribution in [0.15, 0.2) is 64.9 Å². The van der Waals surface area contributed by atoms with Crippen LogP contribution in [0.3, 0.4) is 0 Å². The van der Waals surface area contributed by atoms with Gasteiger partial charge in [0, 0.05) is 10.9 Å². The van der Waals surface area contributed by atoms with E-state index < -0.39 is 21.5 Å². The fourth-order valence-electron chi connectivity index (χ4n) is 2.23. The first-order valence-electron chi connectivity index (χ1n) is 7.54. The van der Waals surface area contributed by atoms with Crippen LogP contribution in [-0.4, -0.2) is 25.1 Å². The van der Waals surface area contributed by atoms with Gasteiger partial charge in [-0.3, -0.25) is 4.79 Å². The van der Waals surface area contributed by atoms with E-state index in [1.807, 2.05) is 36.6 Å². The topological polar surface area (TPSA) is 76.1 Å². The highest BCUT2D eigenvalue weighted by molar-refractivity contribution is 7.92. The molecule has 0 atom stereocenters. The molecule has 0 unspecified atom stereocenters. The van der Waals surface area contributed by atoms with E-state index in [-0.39, 0.29) is 4.90 Å². The summed E-state index contributed by atoms with van der Waals surface area (Å²) >= 11 is 1.26. The summed E-state index contributed by atoms with van der Waals surface area (Å²) in [6.07, 6.45) is 0. The largest absolute Gasteiger partial charge is 0.301 e. The van der Waals surface area contributed by atoms with E-state index in [4.69, 9.17) is 0 Å². The molecule has 3 rings (SSSR count). The predicted molar refractivity (Wildman–Crippen MR) is 99.4 cm³/mol. The maximum Gasteiger partial charge on any atom is 0.241 e. The van der Waals surface area contributed by atoms with Gasteiger partial charge in [-0.25, -0.2) is 13.4 Å². The third-order valence-electron chi connectivity index (χ3n) is 3.52. The van der Waals surface area contributed by atoms with Crippen LogP contribution in [0.4, 0.5) is 5.13 Å². The molecule has 1 N–H and O–H groups in total. The molecular weight excluding hydrogens is 356 g/mol. The minimum absolute atomic E-state index is 0.129. The highest BCUT2D eigenvalue weighted by Gasteiger charge is 2.19. The van der Waals surface area contributed by atoms with E-state index in [9.17, 15) is 13.2 Å². The van der Waals surface area contributed by atoms with Gasteiger partial charge in [-0.2, -0.15) is 0 Å². The fourth-order valence-corrected chi connectivity index (χ4v) is 4.12. The van der Waals surface area contributed by atoms with E-state index in [0.717, 1.165) is 16.8 Å². The molecule has 5 nitrogen and oxygen atoms in total. The molecule has 0 spiro atoms. The fraction of sp³-hybridized carbons (Fsp3) is 0.111. The second-order valence-corrected chi connectivity index (χ2v) is 8.37. The van der Waals surface area contributed by atoms with Gasteiger partial charge in [-0.15, -0.1) is 11.3 Å². The molecule has 0 saturated heterocycles. The Morgan fingerprint density at radius 2 is 1.76 bits per heavy atom. The van der Waals surface area contributed by atoms with Gasteiger partial charge in [0.2, 0.25) is 5.91 Å². The number of hydrogen-bond donors (Lipinski definition) is 1. The van der Waals surface area contributed by atoms with Gasteiger partial charge in [-0.1, -0.05) is 48.0 Å². The van der Waals surface area contributed by atoms with E-state index in [1.165, 1.54) is 23.5 Å². The van der Waals surface area contributed by atoms with E-state index in [0.29, 0.717) is 5.13 Å². The van der Waals surface area contributed by atoms with Crippen molar-refractivity contribution in [3.63, 3.8) is 0 Å². The molecule has 7 heteroatoms. The predicted octanol–water partition coefficient (Wildman–Crippen LogP) is 3.53. The van der Waals surface area contributed by atoms with Crippen molar-refractivity contribution in [2.45, 2.75) is 11.8 Å². The Labute approximate surface area is 150 Å². The molecule has 0 bridgehead atoms. The van der Waals surface area contributed by atoms with Crippen LogP contribution >= 0.6 is 11.3 Å². The van der Waals surface area contributed by atoms with Crippen molar-refractivity contribution in [2.75, 3.05) is 11.1 Å². The summed E-state index contributed by atoms with van der Waals surface area (Å²) < 4.78 is 24.4. The Balaban J connectivity index is 1.69. The number of hydrogen-bond acceptors (Lipinski definition) is 5. The minimum atomic E-state index is -3.66. The number of aromatic nitrogens is 1. The third-order valence-corrected chi connectivity index (χ3v) is 5.91. The van der Waals surface area contributed by atoms with Crippen molar-refractivity contribution in [1.82, 2.24) is 4.98 Å². The number of nitrogens with zero attached hydrogens (tertiary/aromatic N) is 1. The molecule has 0 fully saturated rings. The number of amides is 1. The first kappa shape index (κ1) is 17.3. The molecule has 1 aromatic heterocycles. The maximum absolute atomic E-state index is 12.2. The normalized spacial score (nSPS) is 11.2. The van der Waals surface area contributed by atoms with Gasteiger partial charge in [0.1, 0.15) is 5.75 Å². The minimum Gasteiger partial charge on any atom is -0.301 e. The Morgan fingerprint density at radius 3 is 2.44 bits per heavy atom. The lowest BCUT2D eigenvalue weighted by atomic mass is 10.1. The van der Waals surface area contributed by atoms with Gasteiger partial charge in [-0.05, 0) is 19.1 Å². The number of aryl methyl sites for hydroxylation is 1. The number of carbonyl (C=O) groups is 1. The highest BCUT2D eigenvalue weighted by atomic mass is 32.2. The smallest absolute Gasteiger partial charge is 0.241 e. The lowest BCUT2D eigenvalue weighted by Crippen LogP contribution is -2.22. The number of thiazole rings is 1. The molecule has 3 aromatic rings. The summed E-state index contributed by atoms with van der Waals surface area (Å²) in [5.41, 5.74) is 2.84. The molecular formula is C18H16N2O3S2. The number of anilines is 1. The summed E-state index contributed by atoms with van der Waals surface area (Å²) in [5.74, 6) is -1.22. The molecule has 0 aliphatic carbocycles. The zero-order valence-corrected chi connectivity index (χ0v) is 15.1. The summed E-state index contributed by atoms with van der Waals surface area (Å²) in [7, 11) is -3.66. The average molecular weight is 372 g/mol. The first-order valence-corrected chi connectivity index (χ1v) is 10.1. The number of sulfone groups is 1. The van der Waals surface area contributed by atoms with Crippen molar-refractivity contribution in [3.8, 4) is 11.3 Å². The average Bonchev–Trinajstić information content (AvgIpc) is 3.04. The monoisotopic (exact) mass is 372 g/mol. The van der Waals surface area contributed by atoms with Crippen molar-refractivity contribution >= 4 is 32.2 Å². The van der Waals surface area contributed by atoms with Crippen LogP contribution in [0.5, 0.6) is 0 Å². The van der Waals surface area contributed by atoms with Gasteiger partial charge in [0.05, 0.1) is 10.6 Å². The zero-order valence-electron chi connectivity index (χ0n) is 13.5. The lowest BCUT2D eigenvalue weighted by molar-refractivity contribution is -0.113. The van der Waals surface area contributed by atoms with Crippen LogP contribution in [0.1, 0.15) is 5.56 Å². The van der Waals surface area contributed by atoms with Crippen LogP contribution < -0.4 is 5.32 Å². The number of nitrogens with one attached hydrogen (secondary N) is 1. The Kier molecular flexibility index (Phi) is 4.96. The van der Waals surface area contributed by atoms with Crippen molar-refractivity contribution in [2.24, 2.45) is 0 Å². The van der Waals surface area contributed by atoms with Gasteiger partial charge in [0.15, 0.2) is 15.0 Å². The van der Waals surface area contributed by atoms with Gasteiger partial charge >= 0.3 is 0 Å². The molecule has 0 aliphatic rings. The van der Waals surface area contributed by atoms with Crippen LogP contribution in [0, 0.1) is 6.92 Å². The van der Waals surface area contributed by atoms with E-state index in [1.54, 1.807) is 18.2 Å². The second kappa shape index (κ2) is 7.16. The molecule has 0 saturated carbocycles. The summed E-state index contributed by atoms with van der Waals surface area (Å²) in [6.45, 7) is 2.00. The molecule has 1 amide bonds. The maximum atomic E-state index is 12.2. The lowest BCUT2D eigenvalue weighted by Gasteiger charge is -2.04. The molecule has 128 valence electrons. The van der Waals surface area contributed by atoms with E-state index in [2.05, 4.69) is 10.3 Å². The standard InChI is InChI=1S/C18H16N2O3S2/c1-13-7-9-14(10-8-13)16-11-24-18(19-16)20-17(21)12-25(22,23)15-5-3-2-4-6-15/h2-11H,12H2,1H3,(H,19,20,21). The number of rotatable bonds is 5. The van der Waals surface area contributed by atoms with Crippen LogP contribution in [0.25, 0.3) is 11.3 Å². The second-order valence-electron chi connectivity index (χ2n) is 5.52. The van der Waals surface area contributed by atoms with Gasteiger partial charge in [0.25, 0.3) is 0 Å². The third kappa shape index (κ3) is 4.32. The number of carbonyl (C=O) groups excluding carboxylic acids is 1. The number of benzene rings is 2. The summed E-state index contributed by atoms with van der Waals surface area (Å²) in [5, 5.41) is 4.76. The quantitative estimate of drug-likeness (QED) is 0.743. The van der Waals surface area contributed by atoms with Crippen LogP contribution in [-0.2, 0) is 14.6 Å². The molecule has 25 heavy (non-hydrogen) atoms. The molecule has 2 aromatic carbocycles. The van der Waals surface area contributed by atoms with Crippen molar-refractivity contribution in [1.29, 1.82) is 0 Å². The Bertz CT molecular complexity index is 979. The molecule has 1 heterocycles. The molecule has 0 radical (unpaired) electrons. The summed E-state index contributed by atoms with van der Waals surface area (Å²) in [6, 6.07) is 15.8. The van der Waals surface area contributed by atoms with Crippen molar-refractivity contribution in [3.05, 3.63) is 65.5 Å². The Morgan fingerprint density at radius 1 is 1.08 bits per heavy atom. The highest BCUT2D eigenvalue weighted by Crippen LogP contribution is 2.25.